The van der Waals surface area contributed by atoms with Crippen molar-refractivity contribution >= 4 is 29.2 Å². The first-order valence-corrected chi connectivity index (χ1v) is 3.84. The highest BCUT2D eigenvalue weighted by Gasteiger charge is 2.11. The van der Waals surface area contributed by atoms with E-state index < -0.39 is 5.97 Å². The molecule has 0 radical (unpaired) electrons. The van der Waals surface area contributed by atoms with Gasteiger partial charge in [0.2, 0.25) is 0 Å². The van der Waals surface area contributed by atoms with Crippen molar-refractivity contribution in [3.8, 4) is 0 Å². The largest absolute Gasteiger partial charge is 0.478 e. The summed E-state index contributed by atoms with van der Waals surface area (Å²) < 4.78 is 0. The molecule has 0 unspecified atom stereocenters. The minimum atomic E-state index is -1.06. The van der Waals surface area contributed by atoms with E-state index >= 15 is 0 Å². The van der Waals surface area contributed by atoms with E-state index in [9.17, 15) is 4.79 Å². The summed E-state index contributed by atoms with van der Waals surface area (Å²) in [4.78, 5) is 14.3. The first-order chi connectivity index (χ1) is 5.52. The van der Waals surface area contributed by atoms with Crippen LogP contribution in [0.1, 0.15) is 15.9 Å². The molecule has 0 aliphatic heterocycles. The minimum Gasteiger partial charge on any atom is -0.478 e. The fourth-order valence-electron chi connectivity index (χ4n) is 0.771. The van der Waals surface area contributed by atoms with E-state index in [-0.39, 0.29) is 15.9 Å². The highest BCUT2D eigenvalue weighted by Crippen LogP contribution is 2.20. The molecule has 1 heterocycles. The Morgan fingerprint density at radius 2 is 2.17 bits per heavy atom. The van der Waals surface area contributed by atoms with Gasteiger partial charge in [-0.3, -0.25) is 0 Å². The number of hydrogen-bond acceptors (Lipinski definition) is 2. The van der Waals surface area contributed by atoms with Crippen LogP contribution < -0.4 is 0 Å². The van der Waals surface area contributed by atoms with Crippen LogP contribution in [-0.2, 0) is 0 Å². The molecule has 1 rings (SSSR count). The summed E-state index contributed by atoms with van der Waals surface area (Å²) in [5.41, 5.74) is 0.508. The van der Waals surface area contributed by atoms with Gasteiger partial charge in [0, 0.05) is 5.56 Å². The lowest BCUT2D eigenvalue weighted by Gasteiger charge is -2.01. The van der Waals surface area contributed by atoms with Crippen molar-refractivity contribution in [1.82, 2.24) is 4.98 Å². The van der Waals surface area contributed by atoms with Gasteiger partial charge in [-0.25, -0.2) is 9.78 Å². The fourth-order valence-corrected chi connectivity index (χ4v) is 1.20. The van der Waals surface area contributed by atoms with Crippen LogP contribution in [0.2, 0.25) is 10.3 Å². The number of carbonyl (C=O) groups is 1. The van der Waals surface area contributed by atoms with E-state index in [4.69, 9.17) is 28.3 Å². The molecule has 0 bridgehead atoms. The highest BCUT2D eigenvalue weighted by molar-refractivity contribution is 6.33. The maximum absolute atomic E-state index is 10.6. The maximum Gasteiger partial charge on any atom is 0.336 e. The minimum absolute atomic E-state index is 0.0833. The van der Waals surface area contributed by atoms with Crippen LogP contribution in [0.25, 0.3) is 0 Å². The Bertz CT molecular complexity index is 338. The summed E-state index contributed by atoms with van der Waals surface area (Å²) in [5.74, 6) is -1.06. The number of carboxylic acid groups (broad SMARTS) is 1. The number of nitrogens with zero attached hydrogens (tertiary/aromatic N) is 1. The maximum atomic E-state index is 10.6. The number of pyridine rings is 1. The summed E-state index contributed by atoms with van der Waals surface area (Å²) in [6, 6.07) is 1.27. The van der Waals surface area contributed by atoms with Crippen LogP contribution in [0.5, 0.6) is 0 Å². The topological polar surface area (TPSA) is 50.2 Å². The molecule has 0 amide bonds. The Morgan fingerprint density at radius 3 is 2.67 bits per heavy atom. The zero-order valence-corrected chi connectivity index (χ0v) is 7.65. The monoisotopic (exact) mass is 205 g/mol. The van der Waals surface area contributed by atoms with Crippen molar-refractivity contribution < 1.29 is 9.90 Å². The van der Waals surface area contributed by atoms with Crippen LogP contribution in [0.4, 0.5) is 0 Å². The van der Waals surface area contributed by atoms with Gasteiger partial charge in [0.15, 0.2) is 0 Å². The summed E-state index contributed by atoms with van der Waals surface area (Å²) in [6.45, 7) is 1.58. The number of rotatable bonds is 1. The third-order valence-corrected chi connectivity index (χ3v) is 1.97. The highest BCUT2D eigenvalue weighted by atomic mass is 35.5. The smallest absolute Gasteiger partial charge is 0.336 e. The van der Waals surface area contributed by atoms with Crippen molar-refractivity contribution in [3.63, 3.8) is 0 Å². The van der Waals surface area contributed by atoms with Gasteiger partial charge < -0.3 is 5.11 Å². The number of hydrogen-bond donors (Lipinski definition) is 1. The van der Waals surface area contributed by atoms with Gasteiger partial charge in [-0.05, 0) is 13.0 Å². The lowest BCUT2D eigenvalue weighted by atomic mass is 10.2. The van der Waals surface area contributed by atoms with E-state index in [1.807, 2.05) is 0 Å². The quantitative estimate of drug-likeness (QED) is 0.717. The van der Waals surface area contributed by atoms with Crippen LogP contribution in [0.15, 0.2) is 6.07 Å². The zero-order chi connectivity index (χ0) is 9.30. The van der Waals surface area contributed by atoms with Crippen LogP contribution >= 0.6 is 23.2 Å². The lowest BCUT2D eigenvalue weighted by molar-refractivity contribution is 0.0696. The number of halogens is 2. The van der Waals surface area contributed by atoms with Gasteiger partial charge in [-0.1, -0.05) is 23.2 Å². The average Bonchev–Trinajstić information content (AvgIpc) is 1.96. The number of aromatic carboxylic acids is 1. The van der Waals surface area contributed by atoms with E-state index in [2.05, 4.69) is 4.98 Å². The number of aromatic nitrogens is 1. The second-order valence-corrected chi connectivity index (χ2v) is 2.96. The fraction of sp³-hybridized carbons (Fsp3) is 0.143. The summed E-state index contributed by atoms with van der Waals surface area (Å²) in [6.07, 6.45) is 0. The standard InChI is InChI=1S/C7H5Cl2NO2/c1-3-4(7(11)12)2-5(8)10-6(3)9/h2H,1H3,(H,11,12). The first kappa shape index (κ1) is 9.29. The summed E-state index contributed by atoms with van der Waals surface area (Å²) in [5, 5.41) is 8.88. The van der Waals surface area contributed by atoms with Crippen LogP contribution in [0, 0.1) is 6.92 Å². The van der Waals surface area contributed by atoms with Gasteiger partial charge >= 0.3 is 5.97 Å². The predicted molar refractivity (Wildman–Crippen MR) is 46.0 cm³/mol. The Labute approximate surface area is 78.9 Å². The van der Waals surface area contributed by atoms with Gasteiger partial charge in [0.05, 0.1) is 5.56 Å². The molecule has 12 heavy (non-hydrogen) atoms. The third kappa shape index (κ3) is 1.68. The molecule has 5 heteroatoms. The SMILES string of the molecule is Cc1c(C(=O)O)cc(Cl)nc1Cl. The van der Waals surface area contributed by atoms with E-state index in [0.29, 0.717) is 5.56 Å². The Hall–Kier alpha value is -0.800. The molecule has 0 saturated carbocycles. The molecular weight excluding hydrogens is 201 g/mol. The van der Waals surface area contributed by atoms with Crippen LogP contribution in [-0.4, -0.2) is 16.1 Å². The van der Waals surface area contributed by atoms with E-state index in [1.54, 1.807) is 6.92 Å². The first-order valence-electron chi connectivity index (χ1n) is 3.08. The van der Waals surface area contributed by atoms with Crippen molar-refractivity contribution in [3.05, 3.63) is 27.5 Å². The Balaban J connectivity index is 3.37. The normalized spacial score (nSPS) is 9.92. The van der Waals surface area contributed by atoms with Crippen molar-refractivity contribution in [2.24, 2.45) is 0 Å². The number of carboxylic acids is 1. The van der Waals surface area contributed by atoms with Gasteiger partial charge in [0.1, 0.15) is 10.3 Å². The lowest BCUT2D eigenvalue weighted by Crippen LogP contribution is -2.01. The molecule has 1 N–H and O–H groups in total. The Kier molecular flexibility index (Phi) is 2.55. The van der Waals surface area contributed by atoms with E-state index in [1.165, 1.54) is 6.07 Å². The molecular formula is C7H5Cl2NO2. The second kappa shape index (κ2) is 3.29. The molecule has 3 nitrogen and oxygen atoms in total. The van der Waals surface area contributed by atoms with Crippen molar-refractivity contribution in [2.75, 3.05) is 0 Å². The molecule has 0 spiro atoms. The molecule has 1 aromatic rings. The molecule has 64 valence electrons. The molecule has 0 aliphatic rings. The van der Waals surface area contributed by atoms with Crippen LogP contribution in [0.3, 0.4) is 0 Å². The Morgan fingerprint density at radius 1 is 1.58 bits per heavy atom. The second-order valence-electron chi connectivity index (χ2n) is 2.21. The zero-order valence-electron chi connectivity index (χ0n) is 6.14. The van der Waals surface area contributed by atoms with Gasteiger partial charge in [-0.2, -0.15) is 0 Å². The molecule has 1 aromatic heterocycles. The van der Waals surface area contributed by atoms with E-state index in [0.717, 1.165) is 0 Å². The van der Waals surface area contributed by atoms with Crippen molar-refractivity contribution in [2.45, 2.75) is 6.92 Å². The molecule has 0 fully saturated rings. The van der Waals surface area contributed by atoms with Gasteiger partial charge in [0.25, 0.3) is 0 Å². The van der Waals surface area contributed by atoms with Crippen molar-refractivity contribution in [1.29, 1.82) is 0 Å². The summed E-state index contributed by atoms with van der Waals surface area (Å²) in [7, 11) is 0. The molecule has 0 aliphatic carbocycles. The molecule has 0 atom stereocenters. The third-order valence-electron chi connectivity index (χ3n) is 1.41. The average molecular weight is 206 g/mol. The predicted octanol–water partition coefficient (Wildman–Crippen LogP) is 2.40. The summed E-state index contributed by atoms with van der Waals surface area (Å²) >= 11 is 11.1. The molecule has 0 saturated heterocycles. The van der Waals surface area contributed by atoms with Gasteiger partial charge in [-0.15, -0.1) is 0 Å². The molecule has 0 aromatic carbocycles.